The minimum atomic E-state index is 0.0147. The molecule has 0 saturated carbocycles. The summed E-state index contributed by atoms with van der Waals surface area (Å²) in [6, 6.07) is 17.2. The number of amides is 1. The molecule has 0 spiro atoms. The van der Waals surface area contributed by atoms with Gasteiger partial charge in [0.2, 0.25) is 5.91 Å². The maximum Gasteiger partial charge on any atom is 0.226 e. The Labute approximate surface area is 140 Å². The molecule has 24 heavy (non-hydrogen) atoms. The predicted octanol–water partition coefficient (Wildman–Crippen LogP) is 3.06. The Hall–Kier alpha value is -2.95. The van der Waals surface area contributed by atoms with Gasteiger partial charge in [0.25, 0.3) is 0 Å². The van der Waals surface area contributed by atoms with E-state index < -0.39 is 0 Å². The van der Waals surface area contributed by atoms with Crippen molar-refractivity contribution in [3.63, 3.8) is 0 Å². The van der Waals surface area contributed by atoms with Crippen LogP contribution in [-0.2, 0) is 11.3 Å². The fourth-order valence-corrected chi connectivity index (χ4v) is 2.37. The van der Waals surface area contributed by atoms with E-state index in [1.807, 2.05) is 54.6 Å². The molecule has 1 amide bonds. The molecule has 0 bridgehead atoms. The standard InChI is InChI=1S/C19H19N3O2/c1-22(19(23)11-12-24-16-7-3-2-4-8-16)14-15-13-20-17-9-5-6-10-18(17)21-15/h2-10,13H,11-12,14H2,1H3. The summed E-state index contributed by atoms with van der Waals surface area (Å²) in [7, 11) is 1.77. The smallest absolute Gasteiger partial charge is 0.226 e. The zero-order valence-corrected chi connectivity index (χ0v) is 13.6. The van der Waals surface area contributed by atoms with Gasteiger partial charge in [-0.15, -0.1) is 0 Å². The van der Waals surface area contributed by atoms with Crippen molar-refractivity contribution >= 4 is 16.9 Å². The Morgan fingerprint density at radius 2 is 1.75 bits per heavy atom. The molecule has 122 valence electrons. The number of hydrogen-bond donors (Lipinski definition) is 0. The van der Waals surface area contributed by atoms with Crippen LogP contribution >= 0.6 is 0 Å². The molecule has 0 atom stereocenters. The number of rotatable bonds is 6. The minimum absolute atomic E-state index is 0.0147. The zero-order valence-electron chi connectivity index (χ0n) is 13.6. The Balaban J connectivity index is 1.53. The molecule has 0 aliphatic carbocycles. The van der Waals surface area contributed by atoms with Gasteiger partial charge in [0.05, 0.1) is 42.5 Å². The molecule has 0 N–H and O–H groups in total. The van der Waals surface area contributed by atoms with Gasteiger partial charge in [0, 0.05) is 7.05 Å². The molecule has 5 heteroatoms. The summed E-state index contributed by atoms with van der Waals surface area (Å²) in [6.07, 6.45) is 2.04. The van der Waals surface area contributed by atoms with Crippen LogP contribution in [0.3, 0.4) is 0 Å². The summed E-state index contributed by atoms with van der Waals surface area (Å²) >= 11 is 0. The van der Waals surface area contributed by atoms with Crippen LogP contribution in [0.1, 0.15) is 12.1 Å². The highest BCUT2D eigenvalue weighted by molar-refractivity contribution is 5.76. The van der Waals surface area contributed by atoms with Gasteiger partial charge in [-0.3, -0.25) is 9.78 Å². The van der Waals surface area contributed by atoms with Crippen molar-refractivity contribution in [1.82, 2.24) is 14.9 Å². The molecule has 1 heterocycles. The second-order valence-electron chi connectivity index (χ2n) is 5.51. The monoisotopic (exact) mass is 321 g/mol. The van der Waals surface area contributed by atoms with Gasteiger partial charge >= 0.3 is 0 Å². The van der Waals surface area contributed by atoms with Crippen LogP contribution in [0.5, 0.6) is 5.75 Å². The molecule has 0 unspecified atom stereocenters. The molecule has 0 saturated heterocycles. The fraction of sp³-hybridized carbons (Fsp3) is 0.211. The Morgan fingerprint density at radius 1 is 1.04 bits per heavy atom. The van der Waals surface area contributed by atoms with Gasteiger partial charge in [0.1, 0.15) is 5.75 Å². The van der Waals surface area contributed by atoms with Crippen LogP contribution in [0.2, 0.25) is 0 Å². The highest BCUT2D eigenvalue weighted by atomic mass is 16.5. The van der Waals surface area contributed by atoms with Crippen LogP contribution in [0.4, 0.5) is 0 Å². The SMILES string of the molecule is CN(Cc1cnc2ccccc2n1)C(=O)CCOc1ccccc1. The van der Waals surface area contributed by atoms with Crippen LogP contribution in [0, 0.1) is 0 Å². The Bertz CT molecular complexity index is 821. The van der Waals surface area contributed by atoms with Gasteiger partial charge in [-0.1, -0.05) is 30.3 Å². The van der Waals surface area contributed by atoms with Crippen molar-refractivity contribution in [2.24, 2.45) is 0 Å². The topological polar surface area (TPSA) is 55.3 Å². The van der Waals surface area contributed by atoms with Gasteiger partial charge in [0.15, 0.2) is 0 Å². The first-order valence-electron chi connectivity index (χ1n) is 7.85. The lowest BCUT2D eigenvalue weighted by atomic mass is 10.3. The lowest BCUT2D eigenvalue weighted by Crippen LogP contribution is -2.28. The second-order valence-corrected chi connectivity index (χ2v) is 5.51. The maximum atomic E-state index is 12.2. The van der Waals surface area contributed by atoms with Crippen molar-refractivity contribution in [2.75, 3.05) is 13.7 Å². The van der Waals surface area contributed by atoms with Crippen molar-refractivity contribution in [3.8, 4) is 5.75 Å². The van der Waals surface area contributed by atoms with E-state index in [1.54, 1.807) is 18.1 Å². The summed E-state index contributed by atoms with van der Waals surface area (Å²) in [5, 5.41) is 0. The highest BCUT2D eigenvalue weighted by Crippen LogP contribution is 2.11. The molecular weight excluding hydrogens is 302 g/mol. The third-order valence-corrected chi connectivity index (χ3v) is 3.65. The normalized spacial score (nSPS) is 10.5. The number of fused-ring (bicyclic) bond motifs is 1. The van der Waals surface area contributed by atoms with Crippen LogP contribution < -0.4 is 4.74 Å². The summed E-state index contributed by atoms with van der Waals surface area (Å²) in [6.45, 7) is 0.790. The van der Waals surface area contributed by atoms with Crippen LogP contribution in [0.25, 0.3) is 11.0 Å². The summed E-state index contributed by atoms with van der Waals surface area (Å²) in [4.78, 5) is 22.8. The zero-order chi connectivity index (χ0) is 16.8. The van der Waals surface area contributed by atoms with Crippen molar-refractivity contribution in [2.45, 2.75) is 13.0 Å². The number of benzene rings is 2. The third kappa shape index (κ3) is 4.07. The van der Waals surface area contributed by atoms with E-state index in [0.717, 1.165) is 22.5 Å². The lowest BCUT2D eigenvalue weighted by Gasteiger charge is -2.17. The number of carbonyl (C=O) groups excluding carboxylic acids is 1. The van der Waals surface area contributed by atoms with Gasteiger partial charge < -0.3 is 9.64 Å². The van der Waals surface area contributed by atoms with Gasteiger partial charge in [-0.2, -0.15) is 0 Å². The number of hydrogen-bond acceptors (Lipinski definition) is 4. The lowest BCUT2D eigenvalue weighted by molar-refractivity contribution is -0.131. The number of nitrogens with zero attached hydrogens (tertiary/aromatic N) is 3. The van der Waals surface area contributed by atoms with E-state index in [1.165, 1.54) is 0 Å². The van der Waals surface area contributed by atoms with E-state index in [0.29, 0.717) is 19.6 Å². The molecule has 0 aliphatic heterocycles. The average molecular weight is 321 g/mol. The molecule has 3 aromatic rings. The molecule has 1 aromatic heterocycles. The fourth-order valence-electron chi connectivity index (χ4n) is 2.37. The first kappa shape index (κ1) is 15.9. The molecular formula is C19H19N3O2. The molecule has 0 fully saturated rings. The average Bonchev–Trinajstić information content (AvgIpc) is 2.62. The summed E-state index contributed by atoms with van der Waals surface area (Å²) in [5.74, 6) is 0.786. The van der Waals surface area contributed by atoms with E-state index in [2.05, 4.69) is 9.97 Å². The quantitative estimate of drug-likeness (QED) is 0.700. The predicted molar refractivity (Wildman–Crippen MR) is 92.6 cm³/mol. The second kappa shape index (κ2) is 7.55. The first-order chi connectivity index (χ1) is 11.7. The van der Waals surface area contributed by atoms with Gasteiger partial charge in [-0.25, -0.2) is 4.98 Å². The van der Waals surface area contributed by atoms with E-state index in [4.69, 9.17) is 4.74 Å². The Kier molecular flexibility index (Phi) is 5.01. The number of carbonyl (C=O) groups is 1. The third-order valence-electron chi connectivity index (χ3n) is 3.65. The first-order valence-corrected chi connectivity index (χ1v) is 7.85. The number of aromatic nitrogens is 2. The summed E-state index contributed by atoms with van der Waals surface area (Å²) in [5.41, 5.74) is 2.46. The van der Waals surface area contributed by atoms with Crippen molar-refractivity contribution in [1.29, 1.82) is 0 Å². The molecule has 5 nitrogen and oxygen atoms in total. The van der Waals surface area contributed by atoms with Gasteiger partial charge in [-0.05, 0) is 24.3 Å². The van der Waals surface area contributed by atoms with E-state index in [9.17, 15) is 4.79 Å². The highest BCUT2D eigenvalue weighted by Gasteiger charge is 2.11. The van der Waals surface area contributed by atoms with Crippen molar-refractivity contribution in [3.05, 3.63) is 66.5 Å². The maximum absolute atomic E-state index is 12.2. The molecule has 0 aliphatic rings. The molecule has 0 radical (unpaired) electrons. The molecule has 3 rings (SSSR count). The minimum Gasteiger partial charge on any atom is -0.493 e. The van der Waals surface area contributed by atoms with Crippen molar-refractivity contribution < 1.29 is 9.53 Å². The van der Waals surface area contributed by atoms with Crippen LogP contribution in [-0.4, -0.2) is 34.4 Å². The summed E-state index contributed by atoms with van der Waals surface area (Å²) < 4.78 is 5.56. The van der Waals surface area contributed by atoms with E-state index in [-0.39, 0.29) is 5.91 Å². The largest absolute Gasteiger partial charge is 0.493 e. The Morgan fingerprint density at radius 3 is 2.54 bits per heavy atom. The van der Waals surface area contributed by atoms with E-state index >= 15 is 0 Å². The van der Waals surface area contributed by atoms with Crippen LogP contribution in [0.15, 0.2) is 60.8 Å². The molecule has 2 aromatic carbocycles. The number of ether oxygens (including phenoxy) is 1. The number of para-hydroxylation sites is 3.